The third kappa shape index (κ3) is 7.02. The van der Waals surface area contributed by atoms with Crippen LogP contribution >= 0.6 is 0 Å². The molecule has 1 unspecified atom stereocenters. The highest BCUT2D eigenvalue weighted by Gasteiger charge is 2.48. The van der Waals surface area contributed by atoms with Crippen molar-refractivity contribution in [1.82, 2.24) is 0 Å². The van der Waals surface area contributed by atoms with Crippen LogP contribution in [0.25, 0.3) is 0 Å². The number of hydrogen-bond donors (Lipinski definition) is 0. The van der Waals surface area contributed by atoms with Crippen LogP contribution in [-0.2, 0) is 39.8 Å². The van der Waals surface area contributed by atoms with E-state index in [2.05, 4.69) is 6.08 Å². The van der Waals surface area contributed by atoms with Crippen LogP contribution in [0.5, 0.6) is 0 Å². The zero-order valence-corrected chi connectivity index (χ0v) is 24.6. The first-order valence-electron chi connectivity index (χ1n) is 10.9. The van der Waals surface area contributed by atoms with Crippen molar-refractivity contribution in [3.63, 3.8) is 0 Å². The molecule has 0 heterocycles. The third-order valence-corrected chi connectivity index (χ3v) is 15.0. The van der Waals surface area contributed by atoms with Crippen molar-refractivity contribution >= 4 is 26.4 Å². The van der Waals surface area contributed by atoms with Crippen LogP contribution < -0.4 is 0 Å². The zero-order chi connectivity index (χ0) is 25.0. The molecular formula is C21H42O9Si3. The Kier molecular flexibility index (Phi) is 13.7. The maximum Gasteiger partial charge on any atom is 0.536 e. The monoisotopic (exact) mass is 522 g/mol. The number of hydrogen-bond acceptors (Lipinski definition) is 9. The topological polar surface area (TPSA) is 83.1 Å². The van der Waals surface area contributed by atoms with Crippen LogP contribution in [0.4, 0.5) is 0 Å². The van der Waals surface area contributed by atoms with Gasteiger partial charge in [0, 0.05) is 79.9 Å². The summed E-state index contributed by atoms with van der Waals surface area (Å²) in [5.41, 5.74) is 0.104. The van der Waals surface area contributed by atoms with Crippen LogP contribution in [0.15, 0.2) is 34.7 Å². The van der Waals surface area contributed by atoms with Crippen LogP contribution in [0.2, 0.25) is 5.54 Å². The van der Waals surface area contributed by atoms with Crippen LogP contribution in [0, 0.1) is 0 Å². The van der Waals surface area contributed by atoms with E-state index >= 15 is 0 Å². The molecular weight excluding hydrogens is 480 g/mol. The van der Waals surface area contributed by atoms with E-state index in [1.54, 1.807) is 64.0 Å². The maximum atomic E-state index is 5.83. The lowest BCUT2D eigenvalue weighted by Gasteiger charge is -2.33. The van der Waals surface area contributed by atoms with E-state index in [1.807, 2.05) is 18.2 Å². The fourth-order valence-corrected chi connectivity index (χ4v) is 10.9. The van der Waals surface area contributed by atoms with Crippen LogP contribution in [0.3, 0.4) is 0 Å². The van der Waals surface area contributed by atoms with Gasteiger partial charge in [-0.25, -0.2) is 0 Å². The summed E-state index contributed by atoms with van der Waals surface area (Å²) in [5.74, 6) is 0. The Balaban J connectivity index is 3.55. The Morgan fingerprint density at radius 3 is 1.64 bits per heavy atom. The smallest absolute Gasteiger partial charge is 0.377 e. The average Bonchev–Trinajstić information content (AvgIpc) is 2.85. The first-order valence-corrected chi connectivity index (χ1v) is 16.2. The summed E-state index contributed by atoms with van der Waals surface area (Å²) in [6.45, 7) is 0. The first-order chi connectivity index (χ1) is 15.9. The number of allylic oxidation sites excluding steroid dienone is 6. The highest BCUT2D eigenvalue weighted by molar-refractivity contribution is 6.69. The van der Waals surface area contributed by atoms with Gasteiger partial charge in [-0.05, 0) is 32.1 Å². The van der Waals surface area contributed by atoms with Gasteiger partial charge in [0.1, 0.15) is 0 Å². The molecule has 1 rings (SSSR count). The second kappa shape index (κ2) is 14.8. The summed E-state index contributed by atoms with van der Waals surface area (Å²) >= 11 is 0. The molecule has 0 fully saturated rings. The quantitative estimate of drug-likeness (QED) is 0.358. The molecule has 0 amide bonds. The molecule has 0 aromatic heterocycles. The summed E-state index contributed by atoms with van der Waals surface area (Å²) in [7, 11) is 5.72. The van der Waals surface area contributed by atoms with Crippen LogP contribution in [-0.4, -0.2) is 90.4 Å². The molecule has 0 aliphatic heterocycles. The molecule has 0 aromatic rings. The molecule has 1 aliphatic carbocycles. The van der Waals surface area contributed by atoms with Gasteiger partial charge < -0.3 is 39.8 Å². The molecule has 0 aromatic carbocycles. The third-order valence-electron chi connectivity index (χ3n) is 6.16. The molecule has 1 atom stereocenters. The minimum Gasteiger partial charge on any atom is -0.377 e. The average molecular weight is 523 g/mol. The van der Waals surface area contributed by atoms with Gasteiger partial charge >= 0.3 is 26.4 Å². The van der Waals surface area contributed by atoms with Crippen molar-refractivity contribution in [3.8, 4) is 0 Å². The van der Waals surface area contributed by atoms with Crippen molar-refractivity contribution in [1.29, 1.82) is 0 Å². The molecule has 0 bridgehead atoms. The zero-order valence-electron chi connectivity index (χ0n) is 21.6. The van der Waals surface area contributed by atoms with Gasteiger partial charge in [0.15, 0.2) is 0 Å². The summed E-state index contributed by atoms with van der Waals surface area (Å²) in [4.78, 5) is 0. The van der Waals surface area contributed by atoms with Crippen molar-refractivity contribution < 1.29 is 39.8 Å². The second-order valence-electron chi connectivity index (χ2n) is 7.43. The summed E-state index contributed by atoms with van der Waals surface area (Å²) < 4.78 is 52.0. The Labute approximate surface area is 202 Å². The molecule has 1 aliphatic rings. The largest absolute Gasteiger partial charge is 0.536 e. The van der Waals surface area contributed by atoms with Crippen molar-refractivity contribution in [3.05, 3.63) is 34.7 Å². The Morgan fingerprint density at radius 2 is 1.18 bits per heavy atom. The first kappa shape index (κ1) is 30.5. The number of rotatable bonds is 12. The summed E-state index contributed by atoms with van der Waals surface area (Å²) in [5, 5.41) is 1.84. The lowest BCUT2D eigenvalue weighted by molar-refractivity contribution is 0.107. The molecule has 0 spiro atoms. The van der Waals surface area contributed by atoms with E-state index in [0.717, 1.165) is 42.5 Å². The SMILES string of the molecule is CO[Si](OC)(OC)C1=C\CCC([Si](OC)(OC)OC)CCC\C([Si](OC)(OC)OC)=C/C=C/1. The minimum absolute atomic E-state index is 0.104. The van der Waals surface area contributed by atoms with E-state index in [1.165, 1.54) is 0 Å². The van der Waals surface area contributed by atoms with Gasteiger partial charge in [0.05, 0.1) is 0 Å². The van der Waals surface area contributed by atoms with Crippen molar-refractivity contribution in [2.24, 2.45) is 0 Å². The summed E-state index contributed by atoms with van der Waals surface area (Å²) in [6.07, 6.45) is 12.1. The van der Waals surface area contributed by atoms with E-state index in [-0.39, 0.29) is 5.54 Å². The normalized spacial score (nSPS) is 23.6. The lowest BCUT2D eigenvalue weighted by atomic mass is 10.1. The predicted molar refractivity (Wildman–Crippen MR) is 132 cm³/mol. The lowest BCUT2D eigenvalue weighted by Crippen LogP contribution is -2.48. The molecule has 192 valence electrons. The highest BCUT2D eigenvalue weighted by atomic mass is 28.4. The molecule has 12 heteroatoms. The fraction of sp³-hybridized carbons (Fsp3) is 0.714. The Bertz CT molecular complexity index is 633. The maximum absolute atomic E-state index is 5.83. The van der Waals surface area contributed by atoms with E-state index in [9.17, 15) is 0 Å². The fourth-order valence-electron chi connectivity index (χ4n) is 4.38. The molecule has 0 N–H and O–H groups in total. The van der Waals surface area contributed by atoms with E-state index < -0.39 is 26.4 Å². The van der Waals surface area contributed by atoms with Crippen molar-refractivity contribution in [2.45, 2.75) is 37.6 Å². The van der Waals surface area contributed by atoms with Gasteiger partial charge in [-0.1, -0.05) is 24.3 Å². The van der Waals surface area contributed by atoms with Crippen molar-refractivity contribution in [2.75, 3.05) is 64.0 Å². The molecule has 0 saturated heterocycles. The molecule has 0 radical (unpaired) electrons. The van der Waals surface area contributed by atoms with Gasteiger partial charge in [0.25, 0.3) is 0 Å². The highest BCUT2D eigenvalue weighted by Crippen LogP contribution is 2.36. The van der Waals surface area contributed by atoms with Gasteiger partial charge in [-0.15, -0.1) is 0 Å². The summed E-state index contributed by atoms with van der Waals surface area (Å²) in [6, 6.07) is 0. The molecule has 9 nitrogen and oxygen atoms in total. The van der Waals surface area contributed by atoms with Gasteiger partial charge in [-0.2, -0.15) is 0 Å². The van der Waals surface area contributed by atoms with E-state index in [4.69, 9.17) is 39.8 Å². The molecule has 33 heavy (non-hydrogen) atoms. The second-order valence-corrected chi connectivity index (χ2v) is 16.6. The predicted octanol–water partition coefficient (Wildman–Crippen LogP) is 3.44. The van der Waals surface area contributed by atoms with Gasteiger partial charge in [-0.3, -0.25) is 0 Å². The Hall–Kier alpha value is -0.489. The van der Waals surface area contributed by atoms with Gasteiger partial charge in [0.2, 0.25) is 0 Å². The standard InChI is InChI=1S/C21H42O9Si3/c1-22-31(23-2,24-3)19-13-10-15-20(32(25-4,26-5)27-6)17-12-18-21(16-11-14-19)33(28-7,29-8)30-9/h10,13-15,21H,11-12,16-18H2,1-9H3/b13-10+,19-14+,20-15+. The Morgan fingerprint density at radius 1 is 0.667 bits per heavy atom. The van der Waals surface area contributed by atoms with Crippen LogP contribution in [0.1, 0.15) is 32.1 Å². The minimum atomic E-state index is -3.04. The molecule has 0 saturated carbocycles. The van der Waals surface area contributed by atoms with E-state index in [0.29, 0.717) is 0 Å².